The molecule has 3 heterocycles. The number of fused-ring (bicyclic) bond motifs is 2. The summed E-state index contributed by atoms with van der Waals surface area (Å²) in [7, 11) is 0. The van der Waals surface area contributed by atoms with Crippen LogP contribution in [0.3, 0.4) is 0 Å². The second-order valence-corrected chi connectivity index (χ2v) is 9.73. The van der Waals surface area contributed by atoms with Gasteiger partial charge in [-0.15, -0.1) is 11.3 Å². The lowest BCUT2D eigenvalue weighted by atomic mass is 10.1. The topological polar surface area (TPSA) is 29.1 Å². The molecular formula is C26H26N3OS2+. The molecule has 1 aliphatic heterocycles. The highest BCUT2D eigenvalue weighted by atomic mass is 32.1. The van der Waals surface area contributed by atoms with Crippen molar-refractivity contribution >= 4 is 56.4 Å². The van der Waals surface area contributed by atoms with E-state index in [0.29, 0.717) is 6.54 Å². The molecule has 0 aliphatic carbocycles. The predicted molar refractivity (Wildman–Crippen MR) is 137 cm³/mol. The number of likely N-dealkylation sites (N-methyl/N-ethyl adjacent to an activating group) is 1. The van der Waals surface area contributed by atoms with Crippen LogP contribution in [0.15, 0.2) is 59.4 Å². The maximum Gasteiger partial charge on any atom is 0.271 e. The molecule has 5 rings (SSSR count). The summed E-state index contributed by atoms with van der Waals surface area (Å²) >= 11 is 3.37. The Morgan fingerprint density at radius 3 is 2.50 bits per heavy atom. The number of hydrogen-bond donors (Lipinski definition) is 0. The van der Waals surface area contributed by atoms with Gasteiger partial charge in [0.25, 0.3) is 10.6 Å². The van der Waals surface area contributed by atoms with Gasteiger partial charge in [0.1, 0.15) is 20.4 Å². The number of para-hydroxylation sites is 2. The van der Waals surface area contributed by atoms with E-state index in [9.17, 15) is 4.79 Å². The van der Waals surface area contributed by atoms with Crippen molar-refractivity contribution in [1.29, 1.82) is 0 Å². The zero-order valence-corrected chi connectivity index (χ0v) is 20.2. The standard InChI is InChI=1S/C26H26N3OS2/c1-4-27-19-12-8-7-11-18(19)15-16-21(27)25-26(30)29(6-3)24(32-25)17-23-28(5-2)20-13-9-10-14-22(20)31-23/h7-17H,4-6H2,1-3H3/q+1/b25-21+. The molecule has 4 nitrogen and oxygen atoms in total. The molecule has 0 amide bonds. The maximum absolute atomic E-state index is 13.5. The van der Waals surface area contributed by atoms with Crippen LogP contribution in [0.25, 0.3) is 28.1 Å². The van der Waals surface area contributed by atoms with Gasteiger partial charge in [-0.1, -0.05) is 47.7 Å². The fraction of sp³-hybridized carbons (Fsp3) is 0.231. The fourth-order valence-electron chi connectivity index (χ4n) is 4.39. The minimum atomic E-state index is 0.0883. The summed E-state index contributed by atoms with van der Waals surface area (Å²) < 4.78 is 7.29. The molecule has 0 unspecified atom stereocenters. The molecule has 2 aromatic heterocycles. The highest BCUT2D eigenvalue weighted by Gasteiger charge is 2.20. The van der Waals surface area contributed by atoms with Gasteiger partial charge in [-0.05, 0) is 44.5 Å². The first kappa shape index (κ1) is 20.9. The number of aromatic nitrogens is 2. The molecule has 0 bridgehead atoms. The van der Waals surface area contributed by atoms with Gasteiger partial charge in [0.15, 0.2) is 0 Å². The Morgan fingerprint density at radius 1 is 0.938 bits per heavy atom. The molecule has 32 heavy (non-hydrogen) atoms. The van der Waals surface area contributed by atoms with E-state index >= 15 is 0 Å². The third-order valence-corrected chi connectivity index (χ3v) is 8.16. The fourth-order valence-corrected chi connectivity index (χ4v) is 6.81. The number of rotatable bonds is 4. The van der Waals surface area contributed by atoms with Crippen molar-refractivity contribution in [2.24, 2.45) is 0 Å². The summed E-state index contributed by atoms with van der Waals surface area (Å²) in [5, 5.41) is 1.17. The number of hydrogen-bond acceptors (Lipinski definition) is 4. The van der Waals surface area contributed by atoms with Crippen molar-refractivity contribution in [3.05, 3.63) is 84.7 Å². The number of anilines is 1. The molecule has 1 aliphatic rings. The van der Waals surface area contributed by atoms with Crippen LogP contribution >= 0.6 is 22.7 Å². The molecule has 0 fully saturated rings. The summed E-state index contributed by atoms with van der Waals surface area (Å²) in [5.41, 5.74) is 4.66. The van der Waals surface area contributed by atoms with Gasteiger partial charge in [-0.2, -0.15) is 4.57 Å². The highest BCUT2D eigenvalue weighted by Crippen LogP contribution is 2.30. The van der Waals surface area contributed by atoms with Gasteiger partial charge >= 0.3 is 0 Å². The zero-order chi connectivity index (χ0) is 22.2. The molecule has 0 atom stereocenters. The Bertz CT molecular complexity index is 1520. The first-order valence-corrected chi connectivity index (χ1v) is 12.7. The Morgan fingerprint density at radius 2 is 1.72 bits per heavy atom. The second kappa shape index (κ2) is 8.52. The van der Waals surface area contributed by atoms with Crippen LogP contribution in [0, 0.1) is 0 Å². The highest BCUT2D eigenvalue weighted by molar-refractivity contribution is 7.19. The van der Waals surface area contributed by atoms with Crippen molar-refractivity contribution in [2.45, 2.75) is 33.9 Å². The van der Waals surface area contributed by atoms with E-state index < -0.39 is 0 Å². The van der Waals surface area contributed by atoms with Gasteiger partial charge in [0, 0.05) is 24.8 Å². The molecule has 0 saturated heterocycles. The van der Waals surface area contributed by atoms with Crippen molar-refractivity contribution in [2.75, 3.05) is 11.4 Å². The SMILES string of the molecule is CCN1/C(=c2/sc(=Cc3sc4ccccc4[n+]3CC)n(CC)c2=O)C=Cc2ccccc21. The molecule has 0 N–H and O–H groups in total. The van der Waals surface area contributed by atoms with Crippen molar-refractivity contribution in [3.63, 3.8) is 0 Å². The van der Waals surface area contributed by atoms with Gasteiger partial charge < -0.3 is 4.90 Å². The van der Waals surface area contributed by atoms with Gasteiger partial charge in [0.2, 0.25) is 5.52 Å². The molecule has 0 spiro atoms. The zero-order valence-electron chi connectivity index (χ0n) is 18.5. The predicted octanol–water partition coefficient (Wildman–Crippen LogP) is 3.94. The second-order valence-electron chi connectivity index (χ2n) is 7.64. The summed E-state index contributed by atoms with van der Waals surface area (Å²) in [5.74, 6) is 0. The van der Waals surface area contributed by atoms with Crippen LogP contribution in [0.2, 0.25) is 0 Å². The van der Waals surface area contributed by atoms with Crippen LogP contribution in [0.4, 0.5) is 5.69 Å². The van der Waals surface area contributed by atoms with E-state index in [2.05, 4.69) is 90.1 Å². The first-order chi connectivity index (χ1) is 15.7. The Hall–Kier alpha value is -2.96. The van der Waals surface area contributed by atoms with Gasteiger partial charge in [-0.25, -0.2) is 0 Å². The van der Waals surface area contributed by atoms with Crippen molar-refractivity contribution in [1.82, 2.24) is 4.57 Å². The minimum Gasteiger partial charge on any atom is -0.340 e. The lowest BCUT2D eigenvalue weighted by Crippen LogP contribution is -2.37. The average Bonchev–Trinajstić information content (AvgIpc) is 3.34. The molecule has 6 heteroatoms. The minimum absolute atomic E-state index is 0.0883. The third kappa shape index (κ3) is 3.34. The van der Waals surface area contributed by atoms with E-state index in [4.69, 9.17) is 0 Å². The quantitative estimate of drug-likeness (QED) is 0.432. The number of nitrogens with zero attached hydrogens (tertiary/aromatic N) is 3. The van der Waals surface area contributed by atoms with Crippen LogP contribution in [-0.4, -0.2) is 11.1 Å². The van der Waals surface area contributed by atoms with E-state index in [-0.39, 0.29) is 5.56 Å². The summed E-state index contributed by atoms with van der Waals surface area (Å²) in [4.78, 5) is 15.7. The smallest absolute Gasteiger partial charge is 0.271 e. The van der Waals surface area contributed by atoms with Crippen LogP contribution in [-0.2, 0) is 13.1 Å². The number of benzene rings is 2. The van der Waals surface area contributed by atoms with Crippen LogP contribution < -0.4 is 24.2 Å². The lowest BCUT2D eigenvalue weighted by molar-refractivity contribution is -0.665. The Kier molecular flexibility index (Phi) is 5.57. The molecule has 0 saturated carbocycles. The van der Waals surface area contributed by atoms with Crippen molar-refractivity contribution in [3.8, 4) is 0 Å². The summed E-state index contributed by atoms with van der Waals surface area (Å²) in [6, 6.07) is 16.8. The van der Waals surface area contributed by atoms with Crippen molar-refractivity contribution < 1.29 is 4.57 Å². The number of thiazole rings is 2. The van der Waals surface area contributed by atoms with Gasteiger partial charge in [0.05, 0.1) is 11.8 Å². The molecule has 2 aromatic carbocycles. The number of aryl methyl sites for hydroxylation is 1. The van der Waals surface area contributed by atoms with E-state index in [1.807, 2.05) is 11.5 Å². The molecule has 162 valence electrons. The van der Waals surface area contributed by atoms with Crippen LogP contribution in [0.1, 0.15) is 31.3 Å². The van der Waals surface area contributed by atoms with Gasteiger partial charge in [-0.3, -0.25) is 9.36 Å². The normalized spacial score (nSPS) is 15.6. The largest absolute Gasteiger partial charge is 0.340 e. The summed E-state index contributed by atoms with van der Waals surface area (Å²) in [6.07, 6.45) is 6.39. The summed E-state index contributed by atoms with van der Waals surface area (Å²) in [6.45, 7) is 8.70. The Balaban J connectivity index is 1.76. The average molecular weight is 461 g/mol. The van der Waals surface area contributed by atoms with E-state index in [1.54, 1.807) is 22.7 Å². The first-order valence-electron chi connectivity index (χ1n) is 11.1. The van der Waals surface area contributed by atoms with E-state index in [0.717, 1.165) is 33.7 Å². The molecular weight excluding hydrogens is 434 g/mol. The monoisotopic (exact) mass is 460 g/mol. The molecule has 0 radical (unpaired) electrons. The van der Waals surface area contributed by atoms with Crippen LogP contribution in [0.5, 0.6) is 0 Å². The molecule has 4 aromatic rings. The lowest BCUT2D eigenvalue weighted by Gasteiger charge is -2.28. The van der Waals surface area contributed by atoms with E-state index in [1.165, 1.54) is 20.8 Å². The Labute approximate surface area is 195 Å². The maximum atomic E-state index is 13.5. The third-order valence-electron chi connectivity index (χ3n) is 5.92.